The average molecular weight is 364 g/mol. The Morgan fingerprint density at radius 1 is 1.16 bits per heavy atom. The van der Waals surface area contributed by atoms with Crippen LogP contribution in [0.2, 0.25) is 0 Å². The van der Waals surface area contributed by atoms with Gasteiger partial charge in [-0.3, -0.25) is 9.59 Å². The predicted octanol–water partition coefficient (Wildman–Crippen LogP) is 2.04. The molecule has 1 aromatic rings. The van der Waals surface area contributed by atoms with Gasteiger partial charge in [0.05, 0.1) is 0 Å². The standard InChI is InChI=1S/C18H24N2O4S/c19-17(22)13-7-4-5-9-20(13)16(21)11-24-18(23)15-10-12-6-2-1-3-8-14(12)25-15/h10,13H,1-9,11H2,(H2,19,22)/t13-/m1/s1. The number of amides is 2. The number of fused-ring (bicyclic) bond motifs is 1. The highest BCUT2D eigenvalue weighted by Gasteiger charge is 2.31. The normalized spacial score (nSPS) is 20.5. The number of primary amides is 1. The Hall–Kier alpha value is -1.89. The lowest BCUT2D eigenvalue weighted by Gasteiger charge is -2.33. The third kappa shape index (κ3) is 4.21. The molecule has 3 rings (SSSR count). The van der Waals surface area contributed by atoms with Crippen LogP contribution in [0.15, 0.2) is 6.07 Å². The minimum absolute atomic E-state index is 0.342. The van der Waals surface area contributed by atoms with Gasteiger partial charge in [0.25, 0.3) is 5.91 Å². The van der Waals surface area contributed by atoms with Gasteiger partial charge in [0, 0.05) is 11.4 Å². The number of aryl methyl sites for hydroxylation is 2. The molecule has 7 heteroatoms. The summed E-state index contributed by atoms with van der Waals surface area (Å²) in [4.78, 5) is 39.4. The maximum atomic E-state index is 12.3. The van der Waals surface area contributed by atoms with Gasteiger partial charge in [0.2, 0.25) is 5.91 Å². The molecular weight excluding hydrogens is 340 g/mol. The van der Waals surface area contributed by atoms with Crippen LogP contribution >= 0.6 is 11.3 Å². The summed E-state index contributed by atoms with van der Waals surface area (Å²) in [5, 5.41) is 0. The summed E-state index contributed by atoms with van der Waals surface area (Å²) in [5.74, 6) is -1.31. The van der Waals surface area contributed by atoms with Crippen LogP contribution in [0, 0.1) is 0 Å². The number of rotatable bonds is 4. The largest absolute Gasteiger partial charge is 0.451 e. The number of nitrogens with two attached hydrogens (primary N) is 1. The Morgan fingerprint density at radius 2 is 1.96 bits per heavy atom. The second-order valence-electron chi connectivity index (χ2n) is 6.70. The van der Waals surface area contributed by atoms with E-state index in [0.29, 0.717) is 17.8 Å². The zero-order chi connectivity index (χ0) is 17.8. The molecule has 2 heterocycles. The highest BCUT2D eigenvalue weighted by Crippen LogP contribution is 2.29. The summed E-state index contributed by atoms with van der Waals surface area (Å²) in [6.07, 6.45) is 7.84. The number of esters is 1. The molecule has 1 saturated heterocycles. The molecule has 6 nitrogen and oxygen atoms in total. The maximum absolute atomic E-state index is 12.3. The van der Waals surface area contributed by atoms with Crippen LogP contribution in [-0.4, -0.2) is 41.9 Å². The van der Waals surface area contributed by atoms with Crippen LogP contribution in [0.25, 0.3) is 0 Å². The smallest absolute Gasteiger partial charge is 0.348 e. The van der Waals surface area contributed by atoms with E-state index < -0.39 is 17.9 Å². The fourth-order valence-corrected chi connectivity index (χ4v) is 4.72. The zero-order valence-corrected chi connectivity index (χ0v) is 15.1. The molecule has 0 unspecified atom stereocenters. The van der Waals surface area contributed by atoms with Crippen LogP contribution < -0.4 is 5.73 Å². The molecule has 0 saturated carbocycles. The molecule has 2 amide bonds. The minimum Gasteiger partial charge on any atom is -0.451 e. The van der Waals surface area contributed by atoms with Crippen molar-refractivity contribution in [2.75, 3.05) is 13.2 Å². The minimum atomic E-state index is -0.585. The molecule has 1 fully saturated rings. The summed E-state index contributed by atoms with van der Waals surface area (Å²) < 4.78 is 5.21. The van der Waals surface area contributed by atoms with E-state index in [1.807, 2.05) is 6.07 Å². The average Bonchev–Trinajstić information content (AvgIpc) is 2.90. The number of carbonyl (C=O) groups excluding carboxylic acids is 3. The zero-order valence-electron chi connectivity index (χ0n) is 14.3. The van der Waals surface area contributed by atoms with Gasteiger partial charge in [-0.05, 0) is 56.6 Å². The van der Waals surface area contributed by atoms with Crippen molar-refractivity contribution in [3.05, 3.63) is 21.4 Å². The molecule has 25 heavy (non-hydrogen) atoms. The van der Waals surface area contributed by atoms with E-state index in [2.05, 4.69) is 0 Å². The van der Waals surface area contributed by atoms with Gasteiger partial charge in [-0.2, -0.15) is 0 Å². The lowest BCUT2D eigenvalue weighted by atomic mass is 10.0. The molecule has 0 aromatic carbocycles. The number of carbonyl (C=O) groups is 3. The Morgan fingerprint density at radius 3 is 2.76 bits per heavy atom. The molecule has 1 atom stereocenters. The topological polar surface area (TPSA) is 89.7 Å². The second-order valence-corrected chi connectivity index (χ2v) is 7.83. The highest BCUT2D eigenvalue weighted by molar-refractivity contribution is 7.14. The van der Waals surface area contributed by atoms with E-state index >= 15 is 0 Å². The van der Waals surface area contributed by atoms with Crippen LogP contribution in [0.5, 0.6) is 0 Å². The molecule has 1 aromatic heterocycles. The first-order valence-corrected chi connectivity index (χ1v) is 9.75. The van der Waals surface area contributed by atoms with E-state index in [-0.39, 0.29) is 12.5 Å². The van der Waals surface area contributed by atoms with E-state index in [4.69, 9.17) is 10.5 Å². The molecule has 136 valence electrons. The van der Waals surface area contributed by atoms with Gasteiger partial charge in [-0.25, -0.2) is 4.79 Å². The van der Waals surface area contributed by atoms with Crippen LogP contribution in [0.4, 0.5) is 0 Å². The van der Waals surface area contributed by atoms with E-state index in [1.165, 1.54) is 33.1 Å². The second kappa shape index (κ2) is 7.99. The Labute approximate surface area is 151 Å². The van der Waals surface area contributed by atoms with E-state index in [1.54, 1.807) is 0 Å². The maximum Gasteiger partial charge on any atom is 0.348 e. The molecule has 2 aliphatic rings. The SMILES string of the molecule is NC(=O)[C@H]1CCCCN1C(=O)COC(=O)c1cc2c(s1)CCCCC2. The fraction of sp³-hybridized carbons (Fsp3) is 0.611. The van der Waals surface area contributed by atoms with Crippen LogP contribution in [0.1, 0.15) is 58.6 Å². The molecule has 2 N–H and O–H groups in total. The number of nitrogens with zero attached hydrogens (tertiary/aromatic N) is 1. The summed E-state index contributed by atoms with van der Waals surface area (Å²) >= 11 is 1.48. The Kier molecular flexibility index (Phi) is 5.73. The Balaban J connectivity index is 1.58. The molecule has 0 bridgehead atoms. The number of hydrogen-bond acceptors (Lipinski definition) is 5. The third-order valence-corrected chi connectivity index (χ3v) is 6.14. The molecule has 1 aliphatic carbocycles. The number of piperidine rings is 1. The summed E-state index contributed by atoms with van der Waals surface area (Å²) in [5.41, 5.74) is 6.61. The van der Waals surface area contributed by atoms with E-state index in [0.717, 1.165) is 38.5 Å². The summed E-state index contributed by atoms with van der Waals surface area (Å²) in [7, 11) is 0. The molecule has 0 spiro atoms. The van der Waals surface area contributed by atoms with Gasteiger partial charge in [0.15, 0.2) is 6.61 Å². The van der Waals surface area contributed by atoms with Crippen molar-refractivity contribution in [1.29, 1.82) is 0 Å². The third-order valence-electron chi connectivity index (χ3n) is 4.93. The first kappa shape index (κ1) is 17.9. The van der Waals surface area contributed by atoms with Crippen LogP contribution in [-0.2, 0) is 27.2 Å². The van der Waals surface area contributed by atoms with Gasteiger partial charge in [-0.1, -0.05) is 6.42 Å². The lowest BCUT2D eigenvalue weighted by Crippen LogP contribution is -2.51. The van der Waals surface area contributed by atoms with Crippen molar-refractivity contribution < 1.29 is 19.1 Å². The van der Waals surface area contributed by atoms with E-state index in [9.17, 15) is 14.4 Å². The van der Waals surface area contributed by atoms with Gasteiger partial charge in [-0.15, -0.1) is 11.3 Å². The van der Waals surface area contributed by atoms with Crippen molar-refractivity contribution in [3.63, 3.8) is 0 Å². The van der Waals surface area contributed by atoms with Gasteiger partial charge in [0.1, 0.15) is 10.9 Å². The lowest BCUT2D eigenvalue weighted by molar-refractivity contribution is -0.143. The highest BCUT2D eigenvalue weighted by atomic mass is 32.1. The molecular formula is C18H24N2O4S. The molecule has 1 aliphatic heterocycles. The number of likely N-dealkylation sites (tertiary alicyclic amines) is 1. The number of ether oxygens (including phenoxy) is 1. The molecule has 0 radical (unpaired) electrons. The number of thiophene rings is 1. The van der Waals surface area contributed by atoms with Gasteiger partial charge >= 0.3 is 5.97 Å². The van der Waals surface area contributed by atoms with Crippen molar-refractivity contribution in [3.8, 4) is 0 Å². The number of hydrogen-bond donors (Lipinski definition) is 1. The first-order chi connectivity index (χ1) is 12.1. The van der Waals surface area contributed by atoms with Crippen molar-refractivity contribution in [2.24, 2.45) is 5.73 Å². The van der Waals surface area contributed by atoms with Crippen molar-refractivity contribution in [1.82, 2.24) is 4.90 Å². The van der Waals surface area contributed by atoms with Crippen molar-refractivity contribution in [2.45, 2.75) is 57.4 Å². The van der Waals surface area contributed by atoms with Crippen molar-refractivity contribution >= 4 is 29.1 Å². The predicted molar refractivity (Wildman–Crippen MR) is 94.4 cm³/mol. The summed E-state index contributed by atoms with van der Waals surface area (Å²) in [6.45, 7) is 0.141. The first-order valence-electron chi connectivity index (χ1n) is 8.94. The van der Waals surface area contributed by atoms with Crippen LogP contribution in [0.3, 0.4) is 0 Å². The van der Waals surface area contributed by atoms with Gasteiger partial charge < -0.3 is 15.4 Å². The monoisotopic (exact) mass is 364 g/mol. The quantitative estimate of drug-likeness (QED) is 0.654. The Bertz CT molecular complexity index is 647. The fourth-order valence-electron chi connectivity index (χ4n) is 3.58. The summed E-state index contributed by atoms with van der Waals surface area (Å²) in [6, 6.07) is 1.32.